The van der Waals surface area contributed by atoms with Crippen LogP contribution >= 0.6 is 0 Å². The Morgan fingerprint density at radius 2 is 1.63 bits per heavy atom. The minimum absolute atomic E-state index is 0.0285. The van der Waals surface area contributed by atoms with Gasteiger partial charge in [0.15, 0.2) is 5.82 Å². The van der Waals surface area contributed by atoms with Gasteiger partial charge >= 0.3 is 6.18 Å². The maximum atomic E-state index is 14.9. The van der Waals surface area contributed by atoms with Crippen LogP contribution in [0.2, 0.25) is 0 Å². The summed E-state index contributed by atoms with van der Waals surface area (Å²) in [5.74, 6) is -0.419. The Morgan fingerprint density at radius 1 is 0.870 bits per heavy atom. The molecule has 4 rings (SSSR count). The number of alkyl halides is 3. The fourth-order valence-corrected chi connectivity index (χ4v) is 6.17. The van der Waals surface area contributed by atoms with Gasteiger partial charge in [-0.05, 0) is 104 Å². The normalized spacial score (nSPS) is 11.8. The molecule has 0 bridgehead atoms. The van der Waals surface area contributed by atoms with Gasteiger partial charge in [-0.3, -0.25) is 9.71 Å². The first-order valence-electron chi connectivity index (χ1n) is 15.2. The van der Waals surface area contributed by atoms with Gasteiger partial charge in [0, 0.05) is 12.3 Å². The third kappa shape index (κ3) is 10.2. The summed E-state index contributed by atoms with van der Waals surface area (Å²) in [4.78, 5) is 3.53. The first kappa shape index (κ1) is 34.7. The van der Waals surface area contributed by atoms with Crippen LogP contribution in [0.15, 0.2) is 102 Å². The molecule has 10 heteroatoms. The number of nitrogens with zero attached hydrogens (tertiary/aromatic N) is 1. The molecule has 0 aliphatic rings. The van der Waals surface area contributed by atoms with E-state index in [4.69, 9.17) is 4.74 Å². The quantitative estimate of drug-likeness (QED) is 0.0744. The molecule has 0 fully saturated rings. The van der Waals surface area contributed by atoms with Crippen molar-refractivity contribution in [2.45, 2.75) is 69.4 Å². The number of halogens is 4. The van der Waals surface area contributed by atoms with E-state index in [2.05, 4.69) is 16.3 Å². The lowest BCUT2D eigenvalue weighted by molar-refractivity contribution is -0.141. The molecule has 0 unspecified atom stereocenters. The molecule has 0 aliphatic carbocycles. The van der Waals surface area contributed by atoms with Gasteiger partial charge in [-0.2, -0.15) is 13.2 Å². The highest BCUT2D eigenvalue weighted by molar-refractivity contribution is 7.92. The summed E-state index contributed by atoms with van der Waals surface area (Å²) in [5.41, 5.74) is 3.64. The number of allylic oxidation sites excluding steroid dienone is 1. The van der Waals surface area contributed by atoms with E-state index in [0.717, 1.165) is 41.2 Å². The SMILES string of the molecule is C=C(CCCc1ccc(C(F)(F)F)nc1)CCc1cc(S(=O)(=O)Nc2ccc(OCCCc3ccccc3)cc2F)ccc1CC. The summed E-state index contributed by atoms with van der Waals surface area (Å²) >= 11 is 0. The van der Waals surface area contributed by atoms with Gasteiger partial charge in [-0.1, -0.05) is 61.5 Å². The molecular weight excluding hydrogens is 616 g/mol. The summed E-state index contributed by atoms with van der Waals surface area (Å²) < 4.78 is 87.6. The highest BCUT2D eigenvalue weighted by Crippen LogP contribution is 2.28. The Morgan fingerprint density at radius 3 is 2.30 bits per heavy atom. The van der Waals surface area contributed by atoms with Gasteiger partial charge in [0.1, 0.15) is 11.4 Å². The minimum atomic E-state index is -4.46. The van der Waals surface area contributed by atoms with E-state index in [-0.39, 0.29) is 10.6 Å². The molecule has 0 spiro atoms. The number of rotatable bonds is 16. The van der Waals surface area contributed by atoms with Crippen molar-refractivity contribution in [3.63, 3.8) is 0 Å². The highest BCUT2D eigenvalue weighted by Gasteiger charge is 2.32. The van der Waals surface area contributed by atoms with Crippen LogP contribution in [-0.2, 0) is 41.9 Å². The first-order chi connectivity index (χ1) is 21.9. The van der Waals surface area contributed by atoms with Gasteiger partial charge in [-0.25, -0.2) is 12.8 Å². The zero-order chi connectivity index (χ0) is 33.2. The number of anilines is 1. The van der Waals surface area contributed by atoms with Crippen LogP contribution in [-0.4, -0.2) is 20.0 Å². The van der Waals surface area contributed by atoms with E-state index in [0.29, 0.717) is 50.9 Å². The van der Waals surface area contributed by atoms with Crippen LogP contribution in [0, 0.1) is 5.82 Å². The number of aromatic nitrogens is 1. The van der Waals surface area contributed by atoms with E-state index >= 15 is 0 Å². The molecule has 0 saturated carbocycles. The van der Waals surface area contributed by atoms with Crippen molar-refractivity contribution >= 4 is 15.7 Å². The zero-order valence-electron chi connectivity index (χ0n) is 25.7. The lowest BCUT2D eigenvalue weighted by Gasteiger charge is -2.14. The number of nitrogens with one attached hydrogen (secondary N) is 1. The van der Waals surface area contributed by atoms with E-state index in [1.165, 1.54) is 42.1 Å². The summed E-state index contributed by atoms with van der Waals surface area (Å²) in [6.45, 7) is 6.52. The smallest absolute Gasteiger partial charge is 0.433 e. The summed E-state index contributed by atoms with van der Waals surface area (Å²) in [6, 6.07) is 21.4. The lowest BCUT2D eigenvalue weighted by Crippen LogP contribution is -2.15. The van der Waals surface area contributed by atoms with Crippen molar-refractivity contribution in [1.29, 1.82) is 0 Å². The van der Waals surface area contributed by atoms with Crippen LogP contribution in [0.4, 0.5) is 23.2 Å². The van der Waals surface area contributed by atoms with E-state index in [9.17, 15) is 26.0 Å². The fraction of sp³-hybridized carbons (Fsp3) is 0.306. The summed E-state index contributed by atoms with van der Waals surface area (Å²) in [7, 11) is -4.07. The molecule has 0 amide bonds. The molecule has 5 nitrogen and oxygen atoms in total. The summed E-state index contributed by atoms with van der Waals surface area (Å²) in [6.07, 6.45) is 2.22. The van der Waals surface area contributed by atoms with Crippen molar-refractivity contribution in [2.75, 3.05) is 11.3 Å². The molecule has 1 aromatic heterocycles. The molecule has 1 heterocycles. The Labute approximate surface area is 268 Å². The largest absolute Gasteiger partial charge is 0.493 e. The van der Waals surface area contributed by atoms with E-state index < -0.39 is 27.7 Å². The highest BCUT2D eigenvalue weighted by atomic mass is 32.2. The van der Waals surface area contributed by atoms with Gasteiger partial charge in [0.05, 0.1) is 17.2 Å². The Balaban J connectivity index is 1.30. The van der Waals surface area contributed by atoms with Crippen molar-refractivity contribution in [2.24, 2.45) is 0 Å². The predicted molar refractivity (Wildman–Crippen MR) is 173 cm³/mol. The fourth-order valence-electron chi connectivity index (χ4n) is 5.05. The molecule has 0 saturated heterocycles. The lowest BCUT2D eigenvalue weighted by atomic mass is 9.96. The molecule has 4 aromatic rings. The van der Waals surface area contributed by atoms with Crippen LogP contribution in [0.1, 0.15) is 60.6 Å². The third-order valence-electron chi connectivity index (χ3n) is 7.63. The topological polar surface area (TPSA) is 68.3 Å². The molecule has 0 radical (unpaired) electrons. The van der Waals surface area contributed by atoms with Gasteiger partial charge in [0.2, 0.25) is 0 Å². The molecular formula is C36H38F4N2O3S. The van der Waals surface area contributed by atoms with Crippen molar-refractivity contribution < 1.29 is 30.7 Å². The van der Waals surface area contributed by atoms with Crippen molar-refractivity contribution in [3.05, 3.63) is 131 Å². The second kappa shape index (κ2) is 15.9. The monoisotopic (exact) mass is 654 g/mol. The predicted octanol–water partition coefficient (Wildman–Crippen LogP) is 9.13. The van der Waals surface area contributed by atoms with Gasteiger partial charge in [0.25, 0.3) is 10.0 Å². The number of hydrogen-bond donors (Lipinski definition) is 1. The van der Waals surface area contributed by atoms with Crippen LogP contribution in [0.25, 0.3) is 0 Å². The molecule has 3 aromatic carbocycles. The van der Waals surface area contributed by atoms with Crippen LogP contribution < -0.4 is 9.46 Å². The van der Waals surface area contributed by atoms with Crippen LogP contribution in [0.5, 0.6) is 5.75 Å². The maximum absolute atomic E-state index is 14.9. The average molecular weight is 655 g/mol. The number of hydrogen-bond acceptors (Lipinski definition) is 4. The zero-order valence-corrected chi connectivity index (χ0v) is 26.6. The van der Waals surface area contributed by atoms with Gasteiger partial charge in [-0.15, -0.1) is 0 Å². The number of sulfonamides is 1. The number of aryl methyl sites for hydroxylation is 4. The summed E-state index contributed by atoms with van der Waals surface area (Å²) in [5, 5.41) is 0. The van der Waals surface area contributed by atoms with Crippen LogP contribution in [0.3, 0.4) is 0 Å². The van der Waals surface area contributed by atoms with Crippen molar-refractivity contribution in [3.8, 4) is 5.75 Å². The van der Waals surface area contributed by atoms with Crippen molar-refractivity contribution in [1.82, 2.24) is 4.98 Å². The molecule has 0 atom stereocenters. The maximum Gasteiger partial charge on any atom is 0.433 e. The second-order valence-electron chi connectivity index (χ2n) is 11.1. The number of ether oxygens (including phenoxy) is 1. The second-order valence-corrected chi connectivity index (χ2v) is 12.8. The number of benzene rings is 3. The minimum Gasteiger partial charge on any atom is -0.493 e. The van der Waals surface area contributed by atoms with E-state index in [1.54, 1.807) is 12.1 Å². The Bertz CT molecular complexity index is 1710. The molecule has 244 valence electrons. The average Bonchev–Trinajstić information content (AvgIpc) is 3.03. The standard InChI is InChI=1S/C36H38F4N2O3S/c1-3-29-17-19-32(23-30(29)16-14-26(2)9-7-12-28-15-21-35(41-25-28)36(38,39)40)46(43,44)42-34-20-18-31(24-33(34)37)45-22-8-13-27-10-5-4-6-11-27/h4-6,10-11,15,17-21,23-25,42H,2-3,7-9,12-14,16,22H2,1H3. The van der Waals surface area contributed by atoms with Gasteiger partial charge < -0.3 is 4.74 Å². The first-order valence-corrected chi connectivity index (χ1v) is 16.7. The Kier molecular flexibility index (Phi) is 12.0. The molecule has 1 N–H and O–H groups in total. The van der Waals surface area contributed by atoms with E-state index in [1.807, 2.05) is 37.3 Å². The Hall–Kier alpha value is -4.18. The molecule has 46 heavy (non-hydrogen) atoms. The third-order valence-corrected chi connectivity index (χ3v) is 9.00. The molecule has 0 aliphatic heterocycles. The number of pyridine rings is 1.